The van der Waals surface area contributed by atoms with Gasteiger partial charge in [-0.05, 0) is 43.4 Å². The molecule has 0 aromatic heterocycles. The molecule has 2 bridgehead atoms. The van der Waals surface area contributed by atoms with Crippen molar-refractivity contribution in [1.29, 1.82) is 0 Å². The molecule has 0 aliphatic carbocycles. The summed E-state index contributed by atoms with van der Waals surface area (Å²) in [5, 5.41) is 5.79. The Morgan fingerprint density at radius 3 is 2.69 bits per heavy atom. The molecule has 4 aliphatic rings. The maximum atomic E-state index is 13.2. The van der Waals surface area contributed by atoms with Crippen LogP contribution in [0, 0.1) is 5.92 Å². The lowest BCUT2D eigenvalue weighted by Gasteiger charge is -2.42. The van der Waals surface area contributed by atoms with Gasteiger partial charge in [0.15, 0.2) is 0 Å². The Hall–Kier alpha value is -2.58. The number of piperidine rings is 3. The summed E-state index contributed by atoms with van der Waals surface area (Å²) in [4.78, 5) is 53.3. The van der Waals surface area contributed by atoms with Crippen LogP contribution in [0.2, 0.25) is 0 Å². The van der Waals surface area contributed by atoms with E-state index in [1.165, 1.54) is 12.8 Å². The summed E-state index contributed by atoms with van der Waals surface area (Å²) in [7, 11) is 0. The molecule has 3 atom stereocenters. The Kier molecular flexibility index (Phi) is 4.48. The predicted molar refractivity (Wildman–Crippen MR) is 103 cm³/mol. The Morgan fingerprint density at radius 1 is 1.03 bits per heavy atom. The summed E-state index contributed by atoms with van der Waals surface area (Å²) < 4.78 is 0. The number of likely N-dealkylation sites (tertiary alicyclic amines) is 1. The molecule has 0 radical (unpaired) electrons. The van der Waals surface area contributed by atoms with Crippen LogP contribution < -0.4 is 10.6 Å². The fourth-order valence-electron chi connectivity index (χ4n) is 5.24. The molecule has 8 heteroatoms. The minimum atomic E-state index is -0.925. The van der Waals surface area contributed by atoms with Crippen LogP contribution in [0.25, 0.3) is 0 Å². The zero-order valence-corrected chi connectivity index (χ0v) is 16.1. The highest BCUT2D eigenvalue weighted by Gasteiger charge is 2.45. The fraction of sp³-hybridized carbons (Fsp3) is 0.524. The summed E-state index contributed by atoms with van der Waals surface area (Å²) >= 11 is 0. The van der Waals surface area contributed by atoms with Crippen LogP contribution in [-0.2, 0) is 16.1 Å². The van der Waals surface area contributed by atoms with E-state index in [0.29, 0.717) is 29.6 Å². The van der Waals surface area contributed by atoms with Crippen LogP contribution in [0.4, 0.5) is 0 Å². The molecule has 3 saturated heterocycles. The van der Waals surface area contributed by atoms with Gasteiger partial charge in [-0.1, -0.05) is 12.1 Å². The van der Waals surface area contributed by atoms with E-state index in [2.05, 4.69) is 15.5 Å². The van der Waals surface area contributed by atoms with Gasteiger partial charge in [-0.3, -0.25) is 34.3 Å². The molecule has 29 heavy (non-hydrogen) atoms. The topological polar surface area (TPSA) is 98.8 Å². The van der Waals surface area contributed by atoms with Crippen LogP contribution in [0.1, 0.15) is 52.0 Å². The van der Waals surface area contributed by atoms with E-state index >= 15 is 0 Å². The lowest BCUT2D eigenvalue weighted by atomic mass is 9.87. The maximum absolute atomic E-state index is 13.2. The molecule has 1 aromatic carbocycles. The second-order valence-corrected chi connectivity index (χ2v) is 8.52. The van der Waals surface area contributed by atoms with Crippen molar-refractivity contribution in [3.8, 4) is 0 Å². The minimum Gasteiger partial charge on any atom is -0.313 e. The van der Waals surface area contributed by atoms with Crippen molar-refractivity contribution in [2.75, 3.05) is 19.6 Å². The number of rotatable bonds is 3. The van der Waals surface area contributed by atoms with Crippen molar-refractivity contribution in [3.63, 3.8) is 0 Å². The Bertz CT molecular complexity index is 902. The van der Waals surface area contributed by atoms with Gasteiger partial charge in [0.05, 0.1) is 11.1 Å². The molecule has 4 amide bonds. The van der Waals surface area contributed by atoms with Gasteiger partial charge in [-0.2, -0.15) is 0 Å². The fourth-order valence-corrected chi connectivity index (χ4v) is 5.24. The lowest BCUT2D eigenvalue weighted by Crippen LogP contribution is -2.54. The number of benzene rings is 1. The van der Waals surface area contributed by atoms with E-state index in [1.807, 2.05) is 6.07 Å². The van der Waals surface area contributed by atoms with Crippen molar-refractivity contribution >= 4 is 23.6 Å². The number of fused-ring (bicyclic) bond motifs is 3. The molecule has 152 valence electrons. The first-order valence-corrected chi connectivity index (χ1v) is 10.3. The van der Waals surface area contributed by atoms with Crippen LogP contribution in [-0.4, -0.2) is 65.1 Å². The molecule has 0 spiro atoms. The van der Waals surface area contributed by atoms with E-state index in [0.717, 1.165) is 30.1 Å². The first-order chi connectivity index (χ1) is 14.0. The zero-order chi connectivity index (χ0) is 20.1. The number of nitrogens with zero attached hydrogens (tertiary/aromatic N) is 2. The largest absolute Gasteiger partial charge is 0.313 e. The number of amides is 4. The smallest absolute Gasteiger partial charge is 0.262 e. The Morgan fingerprint density at radius 2 is 1.90 bits per heavy atom. The van der Waals surface area contributed by atoms with E-state index in [4.69, 9.17) is 0 Å². The van der Waals surface area contributed by atoms with Gasteiger partial charge in [-0.15, -0.1) is 0 Å². The molecule has 3 fully saturated rings. The molecule has 4 heterocycles. The maximum Gasteiger partial charge on any atom is 0.262 e. The molecule has 4 aliphatic heterocycles. The van der Waals surface area contributed by atoms with Crippen molar-refractivity contribution in [2.24, 2.45) is 5.92 Å². The first kappa shape index (κ1) is 18.4. The first-order valence-electron chi connectivity index (χ1n) is 10.3. The quantitative estimate of drug-likeness (QED) is 0.712. The van der Waals surface area contributed by atoms with Gasteiger partial charge >= 0.3 is 0 Å². The second-order valence-electron chi connectivity index (χ2n) is 8.52. The molecule has 8 nitrogen and oxygen atoms in total. The van der Waals surface area contributed by atoms with Gasteiger partial charge in [-0.25, -0.2) is 0 Å². The van der Waals surface area contributed by atoms with Gasteiger partial charge < -0.3 is 5.32 Å². The molecule has 5 rings (SSSR count). The number of imide groups is 2. The SMILES string of the molecule is O=C1CCC(N2C(=O)c3cccc(CN4CC5CCNC(C5)C4)c3C2=O)C(=O)N1. The van der Waals surface area contributed by atoms with Gasteiger partial charge in [0, 0.05) is 32.1 Å². The highest BCUT2D eigenvalue weighted by Crippen LogP contribution is 2.32. The third-order valence-electron chi connectivity index (χ3n) is 6.55. The molecular weight excluding hydrogens is 372 g/mol. The minimum absolute atomic E-state index is 0.125. The van der Waals surface area contributed by atoms with Gasteiger partial charge in [0.2, 0.25) is 11.8 Å². The summed E-state index contributed by atoms with van der Waals surface area (Å²) in [5.41, 5.74) is 1.59. The van der Waals surface area contributed by atoms with Crippen LogP contribution in [0.15, 0.2) is 18.2 Å². The summed E-state index contributed by atoms with van der Waals surface area (Å²) in [6.07, 6.45) is 2.66. The van der Waals surface area contributed by atoms with Gasteiger partial charge in [0.1, 0.15) is 6.04 Å². The molecule has 3 unspecified atom stereocenters. The number of hydrogen-bond acceptors (Lipinski definition) is 6. The number of carbonyl (C=O) groups excluding carboxylic acids is 4. The molecular formula is C21H24N4O4. The average molecular weight is 396 g/mol. The third kappa shape index (κ3) is 3.16. The Balaban J connectivity index is 1.40. The molecule has 2 N–H and O–H groups in total. The van der Waals surface area contributed by atoms with E-state index < -0.39 is 23.8 Å². The van der Waals surface area contributed by atoms with Crippen LogP contribution in [0.3, 0.4) is 0 Å². The van der Waals surface area contributed by atoms with E-state index in [1.54, 1.807) is 12.1 Å². The van der Waals surface area contributed by atoms with Crippen molar-refractivity contribution in [1.82, 2.24) is 20.4 Å². The number of nitrogens with one attached hydrogen (secondary N) is 2. The Labute approximate surface area is 168 Å². The highest BCUT2D eigenvalue weighted by atomic mass is 16.2. The summed E-state index contributed by atoms with van der Waals surface area (Å²) in [6, 6.07) is 4.91. The van der Waals surface area contributed by atoms with Crippen LogP contribution in [0.5, 0.6) is 0 Å². The average Bonchev–Trinajstić information content (AvgIpc) is 2.93. The second kappa shape index (κ2) is 7.03. The standard InChI is InChI=1S/C21H24N4O4/c26-17-5-4-16(19(27)23-17)25-20(28)15-3-1-2-13(18(15)21(25)29)10-24-9-12-6-7-22-14(8-12)11-24/h1-3,12,14,16,22H,4-11H2,(H,23,26,27). The summed E-state index contributed by atoms with van der Waals surface area (Å²) in [6.45, 7) is 3.61. The van der Waals surface area contributed by atoms with Crippen molar-refractivity contribution in [2.45, 2.75) is 44.3 Å². The summed E-state index contributed by atoms with van der Waals surface area (Å²) in [5.74, 6) is -1.15. The van der Waals surface area contributed by atoms with Gasteiger partial charge in [0.25, 0.3) is 11.8 Å². The van der Waals surface area contributed by atoms with Crippen molar-refractivity contribution < 1.29 is 19.2 Å². The van der Waals surface area contributed by atoms with E-state index in [-0.39, 0.29) is 18.7 Å². The zero-order valence-electron chi connectivity index (χ0n) is 16.1. The predicted octanol–water partition coefficient (Wildman–Crippen LogP) is 0.272. The van der Waals surface area contributed by atoms with Crippen LogP contribution >= 0.6 is 0 Å². The normalized spacial score (nSPS) is 29.8. The van der Waals surface area contributed by atoms with Crippen molar-refractivity contribution in [3.05, 3.63) is 34.9 Å². The highest BCUT2D eigenvalue weighted by molar-refractivity contribution is 6.24. The molecule has 0 saturated carbocycles. The molecule has 1 aromatic rings. The third-order valence-corrected chi connectivity index (χ3v) is 6.55. The lowest BCUT2D eigenvalue weighted by molar-refractivity contribution is -0.136. The number of carbonyl (C=O) groups is 4. The monoisotopic (exact) mass is 396 g/mol. The van der Waals surface area contributed by atoms with E-state index in [9.17, 15) is 19.2 Å². The number of hydrogen-bond donors (Lipinski definition) is 2.